The van der Waals surface area contributed by atoms with Crippen molar-refractivity contribution >= 4 is 44.9 Å². The van der Waals surface area contributed by atoms with Gasteiger partial charge in [0.1, 0.15) is 0 Å². The van der Waals surface area contributed by atoms with Crippen molar-refractivity contribution in [2.75, 3.05) is 9.80 Å². The average molecular weight is 653 g/mol. The van der Waals surface area contributed by atoms with Gasteiger partial charge in [-0.05, 0) is 105 Å². The number of para-hydroxylation sites is 1. The summed E-state index contributed by atoms with van der Waals surface area (Å²) in [5.41, 5.74) is 17.2. The zero-order chi connectivity index (χ0) is 34.1. The Morgan fingerprint density at radius 3 is 1.76 bits per heavy atom. The minimum Gasteiger partial charge on any atom is -0.310 e. The van der Waals surface area contributed by atoms with Crippen molar-refractivity contribution in [3.05, 3.63) is 193 Å². The molecule has 0 bridgehead atoms. The van der Waals surface area contributed by atoms with Gasteiger partial charge in [0.25, 0.3) is 0 Å². The minimum absolute atomic E-state index is 0.0897. The summed E-state index contributed by atoms with van der Waals surface area (Å²) in [4.78, 5) is 4.82. The average Bonchev–Trinajstić information content (AvgIpc) is 3.42. The molecule has 10 rings (SSSR count). The Labute approximate surface area is 299 Å². The molecule has 0 radical (unpaired) electrons. The van der Waals surface area contributed by atoms with Crippen molar-refractivity contribution in [2.45, 2.75) is 19.3 Å². The molecule has 2 aliphatic rings. The van der Waals surface area contributed by atoms with E-state index in [1.54, 1.807) is 0 Å². The number of fused-ring (bicyclic) bond motifs is 5. The van der Waals surface area contributed by atoms with E-state index in [1.807, 2.05) is 0 Å². The third-order valence-corrected chi connectivity index (χ3v) is 11.0. The van der Waals surface area contributed by atoms with Gasteiger partial charge in [0, 0.05) is 39.1 Å². The number of rotatable bonds is 5. The molecule has 1 aliphatic heterocycles. The van der Waals surface area contributed by atoms with Crippen LogP contribution >= 0.6 is 0 Å². The topological polar surface area (TPSA) is 6.48 Å². The van der Waals surface area contributed by atoms with Crippen LogP contribution in [-0.2, 0) is 5.41 Å². The van der Waals surface area contributed by atoms with Crippen LogP contribution in [0.1, 0.15) is 25.0 Å². The van der Waals surface area contributed by atoms with Crippen molar-refractivity contribution < 1.29 is 0 Å². The van der Waals surface area contributed by atoms with Crippen LogP contribution < -0.4 is 9.80 Å². The van der Waals surface area contributed by atoms with Gasteiger partial charge in [-0.1, -0.05) is 135 Å². The summed E-state index contributed by atoms with van der Waals surface area (Å²) < 4.78 is 0. The largest absolute Gasteiger partial charge is 0.310 e. The van der Waals surface area contributed by atoms with Crippen LogP contribution in [0, 0.1) is 0 Å². The molecule has 8 aromatic rings. The molecule has 1 aliphatic carbocycles. The van der Waals surface area contributed by atoms with Gasteiger partial charge in [-0.15, -0.1) is 0 Å². The lowest BCUT2D eigenvalue weighted by molar-refractivity contribution is 0.660. The van der Waals surface area contributed by atoms with E-state index >= 15 is 0 Å². The van der Waals surface area contributed by atoms with E-state index < -0.39 is 0 Å². The van der Waals surface area contributed by atoms with Crippen LogP contribution in [0.25, 0.3) is 44.2 Å². The Morgan fingerprint density at radius 1 is 0.412 bits per heavy atom. The highest BCUT2D eigenvalue weighted by atomic mass is 15.2. The lowest BCUT2D eigenvalue weighted by atomic mass is 9.82. The summed E-state index contributed by atoms with van der Waals surface area (Å²) in [6, 6.07) is 66.6. The van der Waals surface area contributed by atoms with E-state index in [2.05, 4.69) is 206 Å². The van der Waals surface area contributed by atoms with E-state index in [4.69, 9.17) is 0 Å². The Bertz CT molecular complexity index is 2590. The van der Waals surface area contributed by atoms with Gasteiger partial charge in [0.15, 0.2) is 0 Å². The van der Waals surface area contributed by atoms with Gasteiger partial charge in [0.05, 0.1) is 11.4 Å². The smallest absolute Gasteiger partial charge is 0.0546 e. The molecule has 8 aromatic carbocycles. The predicted molar refractivity (Wildman–Crippen MR) is 215 cm³/mol. The van der Waals surface area contributed by atoms with Crippen LogP contribution in [0.3, 0.4) is 0 Å². The van der Waals surface area contributed by atoms with Crippen molar-refractivity contribution in [2.24, 2.45) is 0 Å². The van der Waals surface area contributed by atoms with Crippen molar-refractivity contribution in [1.82, 2.24) is 0 Å². The molecule has 1 heterocycles. The van der Waals surface area contributed by atoms with Crippen molar-refractivity contribution in [3.8, 4) is 33.4 Å². The van der Waals surface area contributed by atoms with Crippen LogP contribution in [0.5, 0.6) is 0 Å². The molecule has 0 aromatic heterocycles. The van der Waals surface area contributed by atoms with Gasteiger partial charge in [-0.3, -0.25) is 0 Å². The fourth-order valence-electron chi connectivity index (χ4n) is 8.50. The molecule has 2 nitrogen and oxygen atoms in total. The fraction of sp³-hybridized carbons (Fsp3) is 0.0612. The summed E-state index contributed by atoms with van der Waals surface area (Å²) >= 11 is 0. The number of hydrogen-bond acceptors (Lipinski definition) is 2. The predicted octanol–water partition coefficient (Wildman–Crippen LogP) is 13.7. The van der Waals surface area contributed by atoms with E-state index in [0.717, 1.165) is 22.7 Å². The first-order valence-electron chi connectivity index (χ1n) is 17.8. The first-order chi connectivity index (χ1) is 25.1. The normalized spacial score (nSPS) is 13.4. The first kappa shape index (κ1) is 29.5. The van der Waals surface area contributed by atoms with Gasteiger partial charge in [-0.2, -0.15) is 0 Å². The molecule has 0 fully saturated rings. The third-order valence-electron chi connectivity index (χ3n) is 11.0. The molecule has 242 valence electrons. The maximum Gasteiger partial charge on any atom is 0.0546 e. The number of anilines is 6. The monoisotopic (exact) mass is 652 g/mol. The lowest BCUT2D eigenvalue weighted by Crippen LogP contribution is -2.17. The Morgan fingerprint density at radius 2 is 0.980 bits per heavy atom. The second-order valence-corrected chi connectivity index (χ2v) is 14.2. The number of nitrogens with zero attached hydrogens (tertiary/aromatic N) is 2. The lowest BCUT2D eigenvalue weighted by Gasteiger charge is -2.34. The van der Waals surface area contributed by atoms with E-state index in [1.165, 1.54) is 66.7 Å². The zero-order valence-corrected chi connectivity index (χ0v) is 28.7. The molecule has 0 atom stereocenters. The number of benzene rings is 8. The summed E-state index contributed by atoms with van der Waals surface area (Å²) in [5, 5.41) is 2.55. The molecule has 2 heteroatoms. The Kier molecular flexibility index (Phi) is 6.56. The van der Waals surface area contributed by atoms with Crippen molar-refractivity contribution in [1.29, 1.82) is 0 Å². The highest BCUT2D eigenvalue weighted by Gasteiger charge is 2.36. The molecule has 0 N–H and O–H groups in total. The summed E-state index contributed by atoms with van der Waals surface area (Å²) in [7, 11) is 0. The third kappa shape index (κ3) is 4.57. The summed E-state index contributed by atoms with van der Waals surface area (Å²) in [6.07, 6.45) is 0. The van der Waals surface area contributed by atoms with E-state index in [0.29, 0.717) is 0 Å². The maximum atomic E-state index is 2.42. The molecular weight excluding hydrogens is 617 g/mol. The van der Waals surface area contributed by atoms with E-state index in [-0.39, 0.29) is 5.41 Å². The Hall–Kier alpha value is -6.38. The molecule has 51 heavy (non-hydrogen) atoms. The molecule has 0 saturated carbocycles. The van der Waals surface area contributed by atoms with Crippen LogP contribution in [0.2, 0.25) is 0 Å². The van der Waals surface area contributed by atoms with Gasteiger partial charge in [-0.25, -0.2) is 0 Å². The van der Waals surface area contributed by atoms with Crippen molar-refractivity contribution in [3.63, 3.8) is 0 Å². The molecular formula is C49H36N2. The summed E-state index contributed by atoms with van der Waals surface area (Å²) in [5.74, 6) is 0. The highest BCUT2D eigenvalue weighted by molar-refractivity contribution is 6.13. The number of hydrogen-bond donors (Lipinski definition) is 0. The summed E-state index contributed by atoms with van der Waals surface area (Å²) in [6.45, 7) is 4.70. The van der Waals surface area contributed by atoms with Crippen LogP contribution in [0.15, 0.2) is 182 Å². The standard InChI is InChI=1S/C49H36N2/c1-49(2)44-19-8-6-16-40(44)41-31-30-39(32-45(41)49)50(36-24-22-34(23-25-36)33-12-4-3-5-13-33)37-26-28-38(29-27-37)51-46-20-9-7-17-42(46)43-18-10-14-35-15-11-21-47(51)48(35)43/h3-32H,1-2H3. The molecule has 0 amide bonds. The Balaban J connectivity index is 1.11. The second-order valence-electron chi connectivity index (χ2n) is 14.2. The second kappa shape index (κ2) is 11.3. The zero-order valence-electron chi connectivity index (χ0n) is 28.7. The van der Waals surface area contributed by atoms with Gasteiger partial charge >= 0.3 is 0 Å². The molecule has 0 unspecified atom stereocenters. The molecule has 0 spiro atoms. The molecule has 0 saturated heterocycles. The maximum absolute atomic E-state index is 2.42. The quantitative estimate of drug-likeness (QED) is 0.183. The fourth-order valence-corrected chi connectivity index (χ4v) is 8.50. The minimum atomic E-state index is -0.0897. The van der Waals surface area contributed by atoms with E-state index in [9.17, 15) is 0 Å². The van der Waals surface area contributed by atoms with Crippen LogP contribution in [-0.4, -0.2) is 0 Å². The van der Waals surface area contributed by atoms with Crippen LogP contribution in [0.4, 0.5) is 34.1 Å². The van der Waals surface area contributed by atoms with Gasteiger partial charge < -0.3 is 9.80 Å². The highest BCUT2D eigenvalue weighted by Crippen LogP contribution is 2.52. The first-order valence-corrected chi connectivity index (χ1v) is 17.8. The SMILES string of the molecule is CC1(C)c2ccccc2-c2ccc(N(c3ccc(-c4ccccc4)cc3)c3ccc(N4c5ccccc5-c5cccc6cccc4c56)cc3)cc21. The van der Waals surface area contributed by atoms with Gasteiger partial charge in [0.2, 0.25) is 0 Å².